The van der Waals surface area contributed by atoms with Gasteiger partial charge >= 0.3 is 0 Å². The highest BCUT2D eigenvalue weighted by atomic mass is 32.2. The fraction of sp³-hybridized carbons (Fsp3) is 0.800. The number of sulfonamides is 1. The van der Waals surface area contributed by atoms with Gasteiger partial charge in [0.05, 0.1) is 25.1 Å². The Hall–Kier alpha value is -0.990. The molecule has 2 heterocycles. The van der Waals surface area contributed by atoms with Crippen LogP contribution in [0.25, 0.3) is 0 Å². The van der Waals surface area contributed by atoms with E-state index in [4.69, 9.17) is 4.74 Å². The topological polar surface area (TPSA) is 77.3 Å². The maximum atomic E-state index is 11.6. The minimum Gasteiger partial charge on any atom is -0.375 e. The van der Waals surface area contributed by atoms with Gasteiger partial charge in [0.2, 0.25) is 10.0 Å². The molecule has 1 aliphatic rings. The molecular formula is C10H18N4O3S. The van der Waals surface area contributed by atoms with Crippen molar-refractivity contribution < 1.29 is 13.2 Å². The van der Waals surface area contributed by atoms with Crippen LogP contribution in [0.3, 0.4) is 0 Å². The van der Waals surface area contributed by atoms with Crippen molar-refractivity contribution >= 4 is 10.0 Å². The molecule has 0 aromatic carbocycles. The van der Waals surface area contributed by atoms with E-state index in [1.165, 1.54) is 10.6 Å². The third-order valence-electron chi connectivity index (χ3n) is 2.93. The monoisotopic (exact) mass is 274 g/mol. The van der Waals surface area contributed by atoms with Gasteiger partial charge in [0, 0.05) is 19.7 Å². The van der Waals surface area contributed by atoms with E-state index < -0.39 is 10.0 Å². The molecule has 0 fully saturated rings. The third kappa shape index (κ3) is 2.88. The van der Waals surface area contributed by atoms with Crippen LogP contribution in [0.15, 0.2) is 0 Å². The van der Waals surface area contributed by atoms with Gasteiger partial charge in [0.1, 0.15) is 5.69 Å². The summed E-state index contributed by atoms with van der Waals surface area (Å²) in [5.74, 6) is 0. The number of nitrogens with zero attached hydrogens (tertiary/aromatic N) is 4. The molecule has 8 heteroatoms. The molecule has 2 rings (SSSR count). The van der Waals surface area contributed by atoms with E-state index in [0.29, 0.717) is 32.8 Å². The van der Waals surface area contributed by atoms with Gasteiger partial charge in [-0.1, -0.05) is 5.21 Å². The Morgan fingerprint density at radius 1 is 1.39 bits per heavy atom. The quantitative estimate of drug-likeness (QED) is 0.771. The van der Waals surface area contributed by atoms with Crippen molar-refractivity contribution in [3.05, 3.63) is 11.4 Å². The average Bonchev–Trinajstić information content (AvgIpc) is 2.54. The van der Waals surface area contributed by atoms with Crippen molar-refractivity contribution in [1.82, 2.24) is 19.3 Å². The molecule has 0 spiro atoms. The van der Waals surface area contributed by atoms with E-state index in [9.17, 15) is 8.42 Å². The standard InChI is InChI=1S/C10H18N4O3S/c1-3-17-8-9-10-7-13(18(2,15)16)5-4-6-14(10)12-11-9/h3-8H2,1-2H3. The van der Waals surface area contributed by atoms with Gasteiger partial charge in [0.25, 0.3) is 0 Å². The lowest BCUT2D eigenvalue weighted by molar-refractivity contribution is 0.130. The molecule has 1 aromatic rings. The SMILES string of the molecule is CCOCc1nnn2c1CN(S(C)(=O)=O)CCC2. The molecule has 0 aliphatic carbocycles. The fourth-order valence-electron chi connectivity index (χ4n) is 1.96. The van der Waals surface area contributed by atoms with Crippen molar-refractivity contribution in [3.63, 3.8) is 0 Å². The van der Waals surface area contributed by atoms with Gasteiger partial charge < -0.3 is 4.74 Å². The first-order chi connectivity index (χ1) is 8.52. The molecule has 7 nitrogen and oxygen atoms in total. The zero-order chi connectivity index (χ0) is 13.2. The Balaban J connectivity index is 2.25. The van der Waals surface area contributed by atoms with Crippen molar-refractivity contribution in [2.75, 3.05) is 19.4 Å². The lowest BCUT2D eigenvalue weighted by atomic mass is 10.3. The van der Waals surface area contributed by atoms with Crippen molar-refractivity contribution in [2.24, 2.45) is 0 Å². The maximum absolute atomic E-state index is 11.6. The van der Waals surface area contributed by atoms with E-state index in [0.717, 1.165) is 17.8 Å². The van der Waals surface area contributed by atoms with Crippen LogP contribution in [0.4, 0.5) is 0 Å². The van der Waals surface area contributed by atoms with Gasteiger partial charge in [0.15, 0.2) is 0 Å². The number of hydrogen-bond acceptors (Lipinski definition) is 5. The normalized spacial score (nSPS) is 17.4. The molecule has 1 aromatic heterocycles. The summed E-state index contributed by atoms with van der Waals surface area (Å²) in [4.78, 5) is 0. The van der Waals surface area contributed by atoms with Crippen LogP contribution in [-0.4, -0.2) is 47.1 Å². The zero-order valence-electron chi connectivity index (χ0n) is 10.7. The second-order valence-electron chi connectivity index (χ2n) is 4.29. The summed E-state index contributed by atoms with van der Waals surface area (Å²) < 4.78 is 31.8. The molecular weight excluding hydrogens is 256 g/mol. The molecule has 18 heavy (non-hydrogen) atoms. The molecule has 1 aliphatic heterocycles. The minimum absolute atomic E-state index is 0.328. The lowest BCUT2D eigenvalue weighted by Crippen LogP contribution is -2.30. The lowest BCUT2D eigenvalue weighted by Gasteiger charge is -2.16. The van der Waals surface area contributed by atoms with E-state index in [2.05, 4.69) is 10.3 Å². The summed E-state index contributed by atoms with van der Waals surface area (Å²) in [5, 5.41) is 8.11. The van der Waals surface area contributed by atoms with Gasteiger partial charge in [-0.25, -0.2) is 13.1 Å². The first-order valence-electron chi connectivity index (χ1n) is 5.96. The molecule has 0 radical (unpaired) electrons. The Kier molecular flexibility index (Phi) is 3.98. The van der Waals surface area contributed by atoms with Gasteiger partial charge in [-0.05, 0) is 13.3 Å². The molecule has 0 N–H and O–H groups in total. The summed E-state index contributed by atoms with van der Waals surface area (Å²) >= 11 is 0. The van der Waals surface area contributed by atoms with Crippen LogP contribution >= 0.6 is 0 Å². The number of aromatic nitrogens is 3. The second-order valence-corrected chi connectivity index (χ2v) is 6.28. The van der Waals surface area contributed by atoms with E-state index in [1.807, 2.05) is 6.92 Å². The number of hydrogen-bond donors (Lipinski definition) is 0. The maximum Gasteiger partial charge on any atom is 0.211 e. The molecule has 0 unspecified atom stereocenters. The smallest absolute Gasteiger partial charge is 0.211 e. The van der Waals surface area contributed by atoms with Crippen LogP contribution in [0.5, 0.6) is 0 Å². The molecule has 0 saturated heterocycles. The van der Waals surface area contributed by atoms with E-state index >= 15 is 0 Å². The highest BCUT2D eigenvalue weighted by Crippen LogP contribution is 2.17. The van der Waals surface area contributed by atoms with Gasteiger partial charge in [-0.15, -0.1) is 5.10 Å². The van der Waals surface area contributed by atoms with Crippen LogP contribution in [0.1, 0.15) is 24.7 Å². The van der Waals surface area contributed by atoms with Gasteiger partial charge in [-0.3, -0.25) is 0 Å². The average molecular weight is 274 g/mol. The van der Waals surface area contributed by atoms with E-state index in [1.54, 1.807) is 4.68 Å². The van der Waals surface area contributed by atoms with Crippen molar-refractivity contribution in [1.29, 1.82) is 0 Å². The molecule has 102 valence electrons. The predicted molar refractivity (Wildman–Crippen MR) is 65.2 cm³/mol. The second kappa shape index (κ2) is 5.33. The van der Waals surface area contributed by atoms with Crippen LogP contribution in [0, 0.1) is 0 Å². The van der Waals surface area contributed by atoms with Crippen LogP contribution in [0.2, 0.25) is 0 Å². The highest BCUT2D eigenvalue weighted by molar-refractivity contribution is 7.88. The Morgan fingerprint density at radius 2 is 2.17 bits per heavy atom. The van der Waals surface area contributed by atoms with E-state index in [-0.39, 0.29) is 0 Å². The van der Waals surface area contributed by atoms with Crippen LogP contribution in [-0.2, 0) is 34.5 Å². The first kappa shape index (κ1) is 13.4. The van der Waals surface area contributed by atoms with Crippen molar-refractivity contribution in [3.8, 4) is 0 Å². The summed E-state index contributed by atoms with van der Waals surface area (Å²) in [5.41, 5.74) is 1.57. The largest absolute Gasteiger partial charge is 0.375 e. The molecule has 0 saturated carbocycles. The highest BCUT2D eigenvalue weighted by Gasteiger charge is 2.24. The summed E-state index contributed by atoms with van der Waals surface area (Å²) in [6.45, 7) is 4.43. The first-order valence-corrected chi connectivity index (χ1v) is 7.81. The molecule has 0 atom stereocenters. The number of ether oxygens (including phenoxy) is 1. The van der Waals surface area contributed by atoms with Gasteiger partial charge in [-0.2, -0.15) is 4.31 Å². The van der Waals surface area contributed by atoms with Crippen molar-refractivity contribution in [2.45, 2.75) is 33.0 Å². The number of rotatable bonds is 4. The Labute approximate surface area is 107 Å². The predicted octanol–water partition coefficient (Wildman–Crippen LogP) is -0.0201. The third-order valence-corrected chi connectivity index (χ3v) is 4.18. The van der Waals surface area contributed by atoms with Crippen LogP contribution < -0.4 is 0 Å². The zero-order valence-corrected chi connectivity index (χ0v) is 11.5. The summed E-state index contributed by atoms with van der Waals surface area (Å²) in [6.07, 6.45) is 1.98. The summed E-state index contributed by atoms with van der Waals surface area (Å²) in [7, 11) is -3.18. The number of fused-ring (bicyclic) bond motifs is 1. The Bertz CT molecular complexity index is 511. The Morgan fingerprint density at radius 3 is 2.83 bits per heavy atom. The fourth-order valence-corrected chi connectivity index (χ4v) is 2.78. The number of aryl methyl sites for hydroxylation is 1. The summed E-state index contributed by atoms with van der Waals surface area (Å²) in [6, 6.07) is 0. The minimum atomic E-state index is -3.18. The molecule has 0 bridgehead atoms. The molecule has 0 amide bonds.